The molecular formula is C17H17FO6S. The third-order valence-electron chi connectivity index (χ3n) is 3.12. The lowest BCUT2D eigenvalue weighted by molar-refractivity contribution is 0.0600. The van der Waals surface area contributed by atoms with Gasteiger partial charge in [0.05, 0.1) is 25.5 Å². The van der Waals surface area contributed by atoms with Gasteiger partial charge in [0.25, 0.3) is 10.1 Å². The molecule has 0 amide bonds. The summed E-state index contributed by atoms with van der Waals surface area (Å²) in [6, 6.07) is 10.5. The van der Waals surface area contributed by atoms with Gasteiger partial charge in [-0.1, -0.05) is 12.1 Å². The topological polar surface area (TPSA) is 78.9 Å². The van der Waals surface area contributed by atoms with E-state index in [-0.39, 0.29) is 18.8 Å². The fourth-order valence-electron chi connectivity index (χ4n) is 2.04. The molecule has 0 saturated carbocycles. The Bertz CT molecular complexity index is 863. The Balaban J connectivity index is 2.06. The van der Waals surface area contributed by atoms with Crippen molar-refractivity contribution in [2.75, 3.05) is 13.4 Å². The Hall–Kier alpha value is -2.45. The van der Waals surface area contributed by atoms with Crippen LogP contribution in [0.25, 0.3) is 0 Å². The minimum absolute atomic E-state index is 0.0259. The Morgan fingerprint density at radius 3 is 2.52 bits per heavy atom. The number of hydrogen-bond acceptors (Lipinski definition) is 6. The maximum atomic E-state index is 13.6. The number of carbonyl (C=O) groups is 1. The molecule has 134 valence electrons. The van der Waals surface area contributed by atoms with E-state index in [2.05, 4.69) is 4.74 Å². The van der Waals surface area contributed by atoms with Gasteiger partial charge in [0.15, 0.2) is 0 Å². The summed E-state index contributed by atoms with van der Waals surface area (Å²) in [4.78, 5) is 11.5. The lowest BCUT2D eigenvalue weighted by atomic mass is 10.1. The van der Waals surface area contributed by atoms with Gasteiger partial charge < -0.3 is 9.47 Å². The number of ether oxygens (including phenoxy) is 2. The van der Waals surface area contributed by atoms with Crippen molar-refractivity contribution in [3.8, 4) is 5.75 Å². The number of halogens is 1. The monoisotopic (exact) mass is 368 g/mol. The molecule has 25 heavy (non-hydrogen) atoms. The van der Waals surface area contributed by atoms with Gasteiger partial charge in [-0.05, 0) is 41.5 Å². The fourth-order valence-corrected chi connectivity index (χ4v) is 2.39. The molecule has 8 heteroatoms. The quantitative estimate of drug-likeness (QED) is 0.552. The SMILES string of the molecule is COC(=O)c1cc(F)cc(COc2cccc(COS(C)(=O)=O)c2)c1. The molecule has 0 saturated heterocycles. The highest BCUT2D eigenvalue weighted by molar-refractivity contribution is 7.85. The number of benzene rings is 2. The van der Waals surface area contributed by atoms with E-state index in [0.29, 0.717) is 16.9 Å². The minimum Gasteiger partial charge on any atom is -0.489 e. The molecule has 0 fully saturated rings. The molecule has 0 aromatic heterocycles. The van der Waals surface area contributed by atoms with E-state index in [1.165, 1.54) is 19.2 Å². The van der Waals surface area contributed by atoms with Crippen LogP contribution in [0.3, 0.4) is 0 Å². The van der Waals surface area contributed by atoms with E-state index in [9.17, 15) is 17.6 Å². The molecule has 0 aliphatic carbocycles. The zero-order valence-electron chi connectivity index (χ0n) is 13.7. The van der Waals surface area contributed by atoms with Crippen molar-refractivity contribution in [3.63, 3.8) is 0 Å². The van der Waals surface area contributed by atoms with Gasteiger partial charge in [0.2, 0.25) is 0 Å². The summed E-state index contributed by atoms with van der Waals surface area (Å²) >= 11 is 0. The van der Waals surface area contributed by atoms with E-state index >= 15 is 0 Å². The third kappa shape index (κ3) is 6.17. The molecule has 0 unspecified atom stereocenters. The molecule has 0 spiro atoms. The first-order valence-electron chi connectivity index (χ1n) is 7.21. The van der Waals surface area contributed by atoms with Crippen LogP contribution in [0.5, 0.6) is 5.75 Å². The van der Waals surface area contributed by atoms with Crippen LogP contribution >= 0.6 is 0 Å². The van der Waals surface area contributed by atoms with Crippen LogP contribution in [0.4, 0.5) is 4.39 Å². The lowest BCUT2D eigenvalue weighted by Crippen LogP contribution is -2.05. The average Bonchev–Trinajstić information content (AvgIpc) is 2.57. The molecule has 0 N–H and O–H groups in total. The summed E-state index contributed by atoms with van der Waals surface area (Å²) in [5, 5.41) is 0. The van der Waals surface area contributed by atoms with E-state index in [1.54, 1.807) is 24.3 Å². The maximum absolute atomic E-state index is 13.6. The van der Waals surface area contributed by atoms with Gasteiger partial charge in [-0.15, -0.1) is 0 Å². The first kappa shape index (κ1) is 18.9. The van der Waals surface area contributed by atoms with Crippen molar-refractivity contribution in [1.82, 2.24) is 0 Å². The Kier molecular flexibility index (Phi) is 6.11. The molecule has 0 bridgehead atoms. The largest absolute Gasteiger partial charge is 0.489 e. The molecule has 2 aromatic rings. The Labute approximate surface area is 145 Å². The van der Waals surface area contributed by atoms with Crippen LogP contribution in [-0.2, 0) is 32.3 Å². The van der Waals surface area contributed by atoms with E-state index in [4.69, 9.17) is 8.92 Å². The average molecular weight is 368 g/mol. The normalized spacial score (nSPS) is 11.2. The Morgan fingerprint density at radius 1 is 1.08 bits per heavy atom. The smallest absolute Gasteiger partial charge is 0.337 e. The van der Waals surface area contributed by atoms with Crippen LogP contribution < -0.4 is 4.74 Å². The molecular weight excluding hydrogens is 351 g/mol. The zero-order chi connectivity index (χ0) is 18.4. The van der Waals surface area contributed by atoms with Gasteiger partial charge in [0, 0.05) is 0 Å². The van der Waals surface area contributed by atoms with E-state index < -0.39 is 21.9 Å². The van der Waals surface area contributed by atoms with Gasteiger partial charge in [-0.3, -0.25) is 4.18 Å². The summed E-state index contributed by atoms with van der Waals surface area (Å²) in [7, 11) is -2.32. The highest BCUT2D eigenvalue weighted by Crippen LogP contribution is 2.18. The van der Waals surface area contributed by atoms with Crippen molar-refractivity contribution in [2.45, 2.75) is 13.2 Å². The highest BCUT2D eigenvalue weighted by atomic mass is 32.2. The molecule has 0 atom stereocenters. The van der Waals surface area contributed by atoms with Gasteiger partial charge >= 0.3 is 5.97 Å². The highest BCUT2D eigenvalue weighted by Gasteiger charge is 2.10. The van der Waals surface area contributed by atoms with Crippen molar-refractivity contribution in [3.05, 3.63) is 65.0 Å². The van der Waals surface area contributed by atoms with Gasteiger partial charge in [-0.25, -0.2) is 9.18 Å². The molecule has 0 aliphatic heterocycles. The molecule has 0 heterocycles. The minimum atomic E-state index is -3.54. The number of hydrogen-bond donors (Lipinski definition) is 0. The van der Waals surface area contributed by atoms with Crippen LogP contribution in [0.15, 0.2) is 42.5 Å². The predicted octanol–water partition coefficient (Wildman–Crippen LogP) is 2.67. The van der Waals surface area contributed by atoms with Crippen molar-refractivity contribution < 1.29 is 31.3 Å². The second kappa shape index (κ2) is 8.09. The number of esters is 1. The molecule has 6 nitrogen and oxygen atoms in total. The zero-order valence-corrected chi connectivity index (χ0v) is 14.5. The molecule has 0 radical (unpaired) electrons. The second-order valence-electron chi connectivity index (χ2n) is 5.24. The van der Waals surface area contributed by atoms with Crippen molar-refractivity contribution in [2.24, 2.45) is 0 Å². The number of carbonyl (C=O) groups excluding carboxylic acids is 1. The Morgan fingerprint density at radius 2 is 1.84 bits per heavy atom. The standard InChI is InChI=1S/C17H17FO6S/c1-22-17(19)14-6-13(7-15(18)9-14)10-23-16-5-3-4-12(8-16)11-24-25(2,20)21/h3-9H,10-11H2,1-2H3. The van der Waals surface area contributed by atoms with Crippen molar-refractivity contribution in [1.29, 1.82) is 0 Å². The number of methoxy groups -OCH3 is 1. The summed E-state index contributed by atoms with van der Waals surface area (Å²) in [6.07, 6.45) is 0.968. The second-order valence-corrected chi connectivity index (χ2v) is 6.89. The molecule has 2 aromatic carbocycles. The van der Waals surface area contributed by atoms with Crippen molar-refractivity contribution >= 4 is 16.1 Å². The third-order valence-corrected chi connectivity index (χ3v) is 3.67. The predicted molar refractivity (Wildman–Crippen MR) is 88.1 cm³/mol. The lowest BCUT2D eigenvalue weighted by Gasteiger charge is -2.09. The summed E-state index contributed by atoms with van der Waals surface area (Å²) < 4.78 is 50.5. The van der Waals surface area contributed by atoms with Gasteiger partial charge in [0.1, 0.15) is 18.2 Å². The van der Waals surface area contributed by atoms with Crippen LogP contribution in [0.1, 0.15) is 21.5 Å². The van der Waals surface area contributed by atoms with Crippen LogP contribution in [0, 0.1) is 5.82 Å². The van der Waals surface area contributed by atoms with Gasteiger partial charge in [-0.2, -0.15) is 8.42 Å². The fraction of sp³-hybridized carbons (Fsp3) is 0.235. The van der Waals surface area contributed by atoms with E-state index in [1.807, 2.05) is 0 Å². The first-order valence-corrected chi connectivity index (χ1v) is 9.02. The maximum Gasteiger partial charge on any atom is 0.337 e. The van der Waals surface area contributed by atoms with Crippen LogP contribution in [-0.4, -0.2) is 27.8 Å². The van der Waals surface area contributed by atoms with Crippen LogP contribution in [0.2, 0.25) is 0 Å². The van der Waals surface area contributed by atoms with E-state index in [0.717, 1.165) is 12.3 Å². The summed E-state index contributed by atoms with van der Waals surface area (Å²) in [5.41, 5.74) is 1.16. The number of rotatable bonds is 7. The first-order chi connectivity index (χ1) is 11.8. The summed E-state index contributed by atoms with van der Waals surface area (Å²) in [5.74, 6) is -0.754. The molecule has 0 aliphatic rings. The summed E-state index contributed by atoms with van der Waals surface area (Å²) in [6.45, 7) is -0.0827. The molecule has 2 rings (SSSR count).